The van der Waals surface area contributed by atoms with Gasteiger partial charge in [-0.05, 0) is 25.0 Å². The second kappa shape index (κ2) is 6.81. The van der Waals surface area contributed by atoms with Crippen LogP contribution in [0.2, 0.25) is 0 Å². The number of aromatic nitrogens is 2. The molecule has 7 heteroatoms. The number of hydrogen-bond donors (Lipinski definition) is 1. The van der Waals surface area contributed by atoms with E-state index in [-0.39, 0.29) is 5.56 Å². The molecule has 2 aliphatic rings. The summed E-state index contributed by atoms with van der Waals surface area (Å²) in [5.41, 5.74) is 3.87. The maximum Gasteiger partial charge on any atom is 0.329 e. The molecule has 2 aliphatic heterocycles. The van der Waals surface area contributed by atoms with Crippen molar-refractivity contribution in [2.24, 2.45) is 12.0 Å². The SMILES string of the molecule is Cc1ccc(C)c(CN2CCN(C3=Nc4c(c(=O)[nH]c(=O)n4C)C3)CC2)c1. The number of nitrogens with zero attached hydrogens (tertiary/aromatic N) is 4. The van der Waals surface area contributed by atoms with E-state index >= 15 is 0 Å². The maximum atomic E-state index is 12.1. The molecule has 0 atom stereocenters. The summed E-state index contributed by atoms with van der Waals surface area (Å²) in [6.07, 6.45) is 0.496. The average molecular weight is 367 g/mol. The highest BCUT2D eigenvalue weighted by atomic mass is 16.2. The van der Waals surface area contributed by atoms with E-state index in [0.717, 1.165) is 38.6 Å². The Morgan fingerprint density at radius 1 is 1.11 bits per heavy atom. The number of rotatable bonds is 2. The Balaban J connectivity index is 1.44. The molecule has 0 radical (unpaired) electrons. The van der Waals surface area contributed by atoms with Crippen LogP contribution in [0.5, 0.6) is 0 Å². The lowest BCUT2D eigenvalue weighted by atomic mass is 10.0. The second-order valence-electron chi connectivity index (χ2n) is 7.52. The Labute approximate surface area is 158 Å². The number of aryl methyl sites for hydroxylation is 2. The van der Waals surface area contributed by atoms with Gasteiger partial charge < -0.3 is 4.90 Å². The van der Waals surface area contributed by atoms with Crippen LogP contribution in [0, 0.1) is 13.8 Å². The first kappa shape index (κ1) is 17.7. The fourth-order valence-corrected chi connectivity index (χ4v) is 3.84. The predicted octanol–water partition coefficient (Wildman–Crippen LogP) is 1.09. The van der Waals surface area contributed by atoms with Gasteiger partial charge in [0.05, 0.1) is 5.56 Å². The highest BCUT2D eigenvalue weighted by Gasteiger charge is 2.27. The Kier molecular flexibility index (Phi) is 4.47. The van der Waals surface area contributed by atoms with Gasteiger partial charge in [0.1, 0.15) is 11.7 Å². The molecule has 0 saturated carbocycles. The smallest absolute Gasteiger partial charge is 0.329 e. The second-order valence-corrected chi connectivity index (χ2v) is 7.52. The van der Waals surface area contributed by atoms with E-state index in [1.807, 2.05) is 0 Å². The van der Waals surface area contributed by atoms with Gasteiger partial charge in [0, 0.05) is 46.2 Å². The molecule has 7 nitrogen and oxygen atoms in total. The number of aromatic amines is 1. The number of aliphatic imine (C=N–C) groups is 1. The number of benzene rings is 1. The summed E-state index contributed by atoms with van der Waals surface area (Å²) in [6.45, 7) is 8.93. The summed E-state index contributed by atoms with van der Waals surface area (Å²) in [5.74, 6) is 1.39. The van der Waals surface area contributed by atoms with E-state index < -0.39 is 5.69 Å². The van der Waals surface area contributed by atoms with Crippen LogP contribution in [0.3, 0.4) is 0 Å². The third-order valence-electron chi connectivity index (χ3n) is 5.59. The van der Waals surface area contributed by atoms with Crippen LogP contribution in [0.15, 0.2) is 32.8 Å². The fourth-order valence-electron chi connectivity index (χ4n) is 3.84. The summed E-state index contributed by atoms with van der Waals surface area (Å²) < 4.78 is 1.42. The Morgan fingerprint density at radius 2 is 1.85 bits per heavy atom. The number of piperazine rings is 1. The number of amidine groups is 1. The van der Waals surface area contributed by atoms with Crippen molar-refractivity contribution in [2.45, 2.75) is 26.8 Å². The van der Waals surface area contributed by atoms with Crippen molar-refractivity contribution in [1.82, 2.24) is 19.4 Å². The summed E-state index contributed by atoms with van der Waals surface area (Å²) in [4.78, 5) is 35.5. The largest absolute Gasteiger partial charge is 0.357 e. The predicted molar refractivity (Wildman–Crippen MR) is 106 cm³/mol. The maximum absolute atomic E-state index is 12.1. The van der Waals surface area contributed by atoms with Crippen molar-refractivity contribution in [3.05, 3.63) is 61.3 Å². The molecule has 0 unspecified atom stereocenters. The van der Waals surface area contributed by atoms with E-state index in [9.17, 15) is 9.59 Å². The monoisotopic (exact) mass is 367 g/mol. The van der Waals surface area contributed by atoms with Crippen molar-refractivity contribution in [3.8, 4) is 0 Å². The van der Waals surface area contributed by atoms with E-state index in [0.29, 0.717) is 17.8 Å². The van der Waals surface area contributed by atoms with Crippen molar-refractivity contribution >= 4 is 11.7 Å². The first-order valence-electron chi connectivity index (χ1n) is 9.35. The molecule has 1 N–H and O–H groups in total. The van der Waals surface area contributed by atoms with Gasteiger partial charge in [-0.15, -0.1) is 0 Å². The Bertz CT molecular complexity index is 1030. The van der Waals surface area contributed by atoms with Crippen LogP contribution < -0.4 is 11.2 Å². The van der Waals surface area contributed by atoms with E-state index in [4.69, 9.17) is 0 Å². The topological polar surface area (TPSA) is 73.7 Å². The van der Waals surface area contributed by atoms with Crippen LogP contribution >= 0.6 is 0 Å². The van der Waals surface area contributed by atoms with E-state index in [2.05, 4.69) is 51.8 Å². The summed E-state index contributed by atoms with van der Waals surface area (Å²) in [7, 11) is 1.64. The molecular weight excluding hydrogens is 342 g/mol. The zero-order valence-electron chi connectivity index (χ0n) is 16.1. The van der Waals surface area contributed by atoms with Crippen molar-refractivity contribution in [2.75, 3.05) is 26.2 Å². The normalized spacial score (nSPS) is 17.1. The zero-order chi connectivity index (χ0) is 19.1. The van der Waals surface area contributed by atoms with Gasteiger partial charge >= 0.3 is 5.69 Å². The molecule has 0 spiro atoms. The van der Waals surface area contributed by atoms with E-state index in [1.54, 1.807) is 7.05 Å². The van der Waals surface area contributed by atoms with E-state index in [1.165, 1.54) is 21.3 Å². The van der Waals surface area contributed by atoms with Crippen molar-refractivity contribution < 1.29 is 0 Å². The van der Waals surface area contributed by atoms with Crippen molar-refractivity contribution in [3.63, 3.8) is 0 Å². The first-order valence-corrected chi connectivity index (χ1v) is 9.35. The molecule has 0 amide bonds. The molecule has 0 aliphatic carbocycles. The third-order valence-corrected chi connectivity index (χ3v) is 5.59. The summed E-state index contributed by atoms with van der Waals surface area (Å²) >= 11 is 0. The van der Waals surface area contributed by atoms with Crippen LogP contribution in [0.4, 0.5) is 5.82 Å². The molecular formula is C20H25N5O2. The summed E-state index contributed by atoms with van der Waals surface area (Å²) in [5, 5.41) is 0. The van der Waals surface area contributed by atoms with Crippen molar-refractivity contribution in [1.29, 1.82) is 0 Å². The quantitative estimate of drug-likeness (QED) is 0.863. The van der Waals surface area contributed by atoms with Crippen LogP contribution in [0.1, 0.15) is 22.3 Å². The van der Waals surface area contributed by atoms with Crippen LogP contribution in [-0.4, -0.2) is 51.4 Å². The van der Waals surface area contributed by atoms with Crippen LogP contribution in [0.25, 0.3) is 0 Å². The lowest BCUT2D eigenvalue weighted by Crippen LogP contribution is -2.48. The number of fused-ring (bicyclic) bond motifs is 1. The lowest BCUT2D eigenvalue weighted by molar-refractivity contribution is 0.174. The standard InChI is InChI=1S/C20H25N5O2/c1-13-4-5-14(2)15(10-13)12-24-6-8-25(9-7-24)17-11-16-18(21-17)23(3)20(27)22-19(16)26/h4-5,10H,6-9,11-12H2,1-3H3,(H,22,26,27). The average Bonchev–Trinajstić information content (AvgIpc) is 3.10. The molecule has 0 bridgehead atoms. The molecule has 27 heavy (non-hydrogen) atoms. The minimum absolute atomic E-state index is 0.319. The zero-order valence-corrected chi connectivity index (χ0v) is 16.1. The van der Waals surface area contributed by atoms with Crippen LogP contribution in [-0.2, 0) is 20.0 Å². The number of H-pyrrole nitrogens is 1. The minimum Gasteiger partial charge on any atom is -0.357 e. The minimum atomic E-state index is -0.415. The third kappa shape index (κ3) is 3.35. The van der Waals surface area contributed by atoms with Gasteiger partial charge in [-0.2, -0.15) is 0 Å². The Hall–Kier alpha value is -2.67. The Morgan fingerprint density at radius 3 is 2.59 bits per heavy atom. The van der Waals surface area contributed by atoms with Gasteiger partial charge in [-0.3, -0.25) is 19.2 Å². The summed E-state index contributed by atoms with van der Waals surface area (Å²) in [6, 6.07) is 6.61. The highest BCUT2D eigenvalue weighted by Crippen LogP contribution is 2.23. The van der Waals surface area contributed by atoms with Gasteiger partial charge in [-0.25, -0.2) is 9.79 Å². The molecule has 1 aromatic heterocycles. The molecule has 142 valence electrons. The van der Waals surface area contributed by atoms with Gasteiger partial charge in [0.2, 0.25) is 0 Å². The molecule has 3 heterocycles. The molecule has 1 aromatic carbocycles. The van der Waals surface area contributed by atoms with Gasteiger partial charge in [0.15, 0.2) is 0 Å². The van der Waals surface area contributed by atoms with Gasteiger partial charge in [0.25, 0.3) is 5.56 Å². The lowest BCUT2D eigenvalue weighted by Gasteiger charge is -2.36. The molecule has 2 aromatic rings. The number of nitrogens with one attached hydrogen (secondary N) is 1. The van der Waals surface area contributed by atoms with Gasteiger partial charge in [-0.1, -0.05) is 23.8 Å². The first-order chi connectivity index (χ1) is 12.9. The number of hydrogen-bond acceptors (Lipinski definition) is 5. The highest BCUT2D eigenvalue weighted by molar-refractivity contribution is 5.91. The molecule has 1 saturated heterocycles. The molecule has 4 rings (SSSR count). The fraction of sp³-hybridized carbons (Fsp3) is 0.450. The molecule has 1 fully saturated rings.